The third-order valence-corrected chi connectivity index (χ3v) is 9.25. The summed E-state index contributed by atoms with van der Waals surface area (Å²) in [7, 11) is 1.79. The van der Waals surface area contributed by atoms with Crippen LogP contribution in [0.5, 0.6) is 0 Å². The lowest BCUT2D eigenvalue weighted by Gasteiger charge is -2.40. The second-order valence-electron chi connectivity index (χ2n) is 11.3. The summed E-state index contributed by atoms with van der Waals surface area (Å²) in [4.78, 5) is 20.1. The Kier molecular flexibility index (Phi) is 10.6. The maximum absolute atomic E-state index is 13.8. The smallest absolute Gasteiger partial charge is 0.254 e. The SMILES string of the molecule is CN(C[C@@H](CCN1CCN([C@@H](c2ccoc2)[C@H](O)CO)CC1)c1ccc(Cl)c(Cl)c1)C(=O)c1cc(C#N)cc2ccccc12. The Bertz CT molecular complexity index is 1620. The number of fused-ring (bicyclic) bond motifs is 1. The molecule has 44 heavy (non-hydrogen) atoms. The number of aliphatic hydroxyl groups excluding tert-OH is 2. The van der Waals surface area contributed by atoms with E-state index in [1.165, 1.54) is 0 Å². The maximum Gasteiger partial charge on any atom is 0.254 e. The number of rotatable bonds is 11. The monoisotopic (exact) mass is 634 g/mol. The standard InChI is InChI=1S/C34H36Cl2N4O4/c1-38(34(43)29-17-23(19-37)16-25-4-2-3-5-28(25)29)20-26(24-6-7-30(35)31(36)18-24)8-10-39-11-13-40(14-12-39)33(32(42)21-41)27-9-15-44-22-27/h2-7,9,15-18,22,26,32-33,41-42H,8,10-14,20-21H2,1H3/t26-,32-,33+/m1/s1. The van der Waals surface area contributed by atoms with E-state index in [0.717, 1.165) is 61.0 Å². The van der Waals surface area contributed by atoms with E-state index >= 15 is 0 Å². The average molecular weight is 636 g/mol. The number of furan rings is 1. The zero-order valence-corrected chi connectivity index (χ0v) is 26.1. The lowest BCUT2D eigenvalue weighted by Crippen LogP contribution is -2.50. The fourth-order valence-electron chi connectivity index (χ4n) is 6.12. The molecule has 3 aromatic carbocycles. The zero-order chi connectivity index (χ0) is 31.2. The van der Waals surface area contributed by atoms with Crippen molar-refractivity contribution in [2.24, 2.45) is 0 Å². The first-order valence-electron chi connectivity index (χ1n) is 14.7. The highest BCUT2D eigenvalue weighted by Gasteiger charge is 2.31. The molecular formula is C34H36Cl2N4O4. The number of aliphatic hydroxyl groups is 2. The van der Waals surface area contributed by atoms with Gasteiger partial charge in [0.15, 0.2) is 0 Å². The number of piperazine rings is 1. The molecule has 0 saturated carbocycles. The highest BCUT2D eigenvalue weighted by molar-refractivity contribution is 6.42. The van der Waals surface area contributed by atoms with Gasteiger partial charge >= 0.3 is 0 Å². The summed E-state index contributed by atoms with van der Waals surface area (Å²) in [6.07, 6.45) is 3.07. The van der Waals surface area contributed by atoms with Crippen LogP contribution in [0.3, 0.4) is 0 Å². The van der Waals surface area contributed by atoms with E-state index in [9.17, 15) is 20.3 Å². The molecule has 1 saturated heterocycles. The van der Waals surface area contributed by atoms with Gasteiger partial charge in [0.25, 0.3) is 5.91 Å². The van der Waals surface area contributed by atoms with Crippen molar-refractivity contribution in [2.45, 2.75) is 24.5 Å². The summed E-state index contributed by atoms with van der Waals surface area (Å²) in [6.45, 7) is 3.96. The molecule has 1 amide bonds. The summed E-state index contributed by atoms with van der Waals surface area (Å²) in [5.74, 6) is -0.165. The van der Waals surface area contributed by atoms with Gasteiger partial charge in [-0.15, -0.1) is 0 Å². The highest BCUT2D eigenvalue weighted by Crippen LogP contribution is 2.31. The molecule has 4 aromatic rings. The average Bonchev–Trinajstić information content (AvgIpc) is 3.58. The topological polar surface area (TPSA) is 104 Å². The number of likely N-dealkylation sites (N-methyl/N-ethyl adjacent to an activating group) is 1. The van der Waals surface area contributed by atoms with Gasteiger partial charge in [0.2, 0.25) is 0 Å². The number of hydrogen-bond donors (Lipinski definition) is 2. The van der Waals surface area contributed by atoms with E-state index in [4.69, 9.17) is 27.6 Å². The number of hydrogen-bond acceptors (Lipinski definition) is 7. The predicted octanol–water partition coefficient (Wildman–Crippen LogP) is 5.57. The number of nitriles is 1. The summed E-state index contributed by atoms with van der Waals surface area (Å²) in [5, 5.41) is 32.4. The first-order chi connectivity index (χ1) is 21.3. The fraction of sp³-hybridized carbons (Fsp3) is 0.353. The van der Waals surface area contributed by atoms with Gasteiger partial charge in [0, 0.05) is 56.8 Å². The van der Waals surface area contributed by atoms with Gasteiger partial charge in [-0.25, -0.2) is 0 Å². The Morgan fingerprint density at radius 2 is 1.82 bits per heavy atom. The predicted molar refractivity (Wildman–Crippen MR) is 172 cm³/mol. The molecule has 2 heterocycles. The van der Waals surface area contributed by atoms with Crippen molar-refractivity contribution in [3.8, 4) is 6.07 Å². The van der Waals surface area contributed by atoms with E-state index in [1.54, 1.807) is 42.7 Å². The lowest BCUT2D eigenvalue weighted by atomic mass is 9.94. The molecule has 0 spiro atoms. The lowest BCUT2D eigenvalue weighted by molar-refractivity contribution is -0.0100. The van der Waals surface area contributed by atoms with Gasteiger partial charge in [-0.2, -0.15) is 5.26 Å². The van der Waals surface area contributed by atoms with Crippen molar-refractivity contribution in [3.05, 3.63) is 105 Å². The molecule has 8 nitrogen and oxygen atoms in total. The molecule has 1 aliphatic heterocycles. The fourth-order valence-corrected chi connectivity index (χ4v) is 6.43. The van der Waals surface area contributed by atoms with Gasteiger partial charge in [0.05, 0.1) is 53.0 Å². The van der Waals surface area contributed by atoms with Crippen molar-refractivity contribution in [3.63, 3.8) is 0 Å². The van der Waals surface area contributed by atoms with Crippen molar-refractivity contribution >= 4 is 39.9 Å². The van der Waals surface area contributed by atoms with Crippen LogP contribution in [0.2, 0.25) is 10.0 Å². The molecule has 0 radical (unpaired) electrons. The Morgan fingerprint density at radius 1 is 1.05 bits per heavy atom. The van der Waals surface area contributed by atoms with Crippen LogP contribution < -0.4 is 0 Å². The number of carbonyl (C=O) groups is 1. The summed E-state index contributed by atoms with van der Waals surface area (Å²) in [5.41, 5.74) is 2.80. The van der Waals surface area contributed by atoms with Gasteiger partial charge in [0.1, 0.15) is 0 Å². The number of benzene rings is 3. The number of halogens is 2. The van der Waals surface area contributed by atoms with E-state index < -0.39 is 6.10 Å². The van der Waals surface area contributed by atoms with Gasteiger partial charge < -0.3 is 24.4 Å². The van der Waals surface area contributed by atoms with Gasteiger partial charge in [-0.1, -0.05) is 53.5 Å². The van der Waals surface area contributed by atoms with E-state index in [1.807, 2.05) is 42.5 Å². The van der Waals surface area contributed by atoms with Crippen LogP contribution in [0.15, 0.2) is 77.6 Å². The molecule has 1 fully saturated rings. The highest BCUT2D eigenvalue weighted by atomic mass is 35.5. The Morgan fingerprint density at radius 3 is 2.50 bits per heavy atom. The van der Waals surface area contributed by atoms with Gasteiger partial charge in [-0.3, -0.25) is 9.69 Å². The molecule has 0 aliphatic carbocycles. The van der Waals surface area contributed by atoms with Crippen LogP contribution in [-0.2, 0) is 0 Å². The van der Waals surface area contributed by atoms with E-state index in [0.29, 0.717) is 27.7 Å². The molecule has 2 N–H and O–H groups in total. The summed E-state index contributed by atoms with van der Waals surface area (Å²) >= 11 is 12.7. The normalized spacial score (nSPS) is 16.4. The Labute approximate surface area is 267 Å². The van der Waals surface area contributed by atoms with Crippen LogP contribution in [0.1, 0.15) is 45.4 Å². The second-order valence-corrected chi connectivity index (χ2v) is 12.1. The van der Waals surface area contributed by atoms with Crippen molar-refractivity contribution in [2.75, 3.05) is 52.9 Å². The van der Waals surface area contributed by atoms with Gasteiger partial charge in [-0.05, 0) is 59.6 Å². The molecular weight excluding hydrogens is 599 g/mol. The number of nitrogens with zero attached hydrogens (tertiary/aromatic N) is 4. The summed E-state index contributed by atoms with van der Waals surface area (Å²) < 4.78 is 5.24. The third-order valence-electron chi connectivity index (χ3n) is 8.51. The van der Waals surface area contributed by atoms with Crippen LogP contribution >= 0.6 is 23.2 Å². The largest absolute Gasteiger partial charge is 0.472 e. The Hall–Kier alpha value is -3.42. The first kappa shape index (κ1) is 32.0. The molecule has 0 bridgehead atoms. The third kappa shape index (κ3) is 7.27. The summed E-state index contributed by atoms with van der Waals surface area (Å²) in [6, 6.07) is 20.4. The van der Waals surface area contributed by atoms with Crippen molar-refractivity contribution in [1.82, 2.24) is 14.7 Å². The minimum absolute atomic E-state index is 0.0166. The number of amides is 1. The second kappa shape index (κ2) is 14.6. The Balaban J connectivity index is 1.29. The van der Waals surface area contributed by atoms with Crippen molar-refractivity contribution in [1.29, 1.82) is 5.26 Å². The van der Waals surface area contributed by atoms with Crippen LogP contribution in [0.25, 0.3) is 10.8 Å². The van der Waals surface area contributed by atoms with Crippen LogP contribution in [-0.4, -0.2) is 89.8 Å². The molecule has 3 atom stereocenters. The minimum Gasteiger partial charge on any atom is -0.472 e. The quantitative estimate of drug-likeness (QED) is 0.222. The molecule has 230 valence electrons. The van der Waals surface area contributed by atoms with Crippen molar-refractivity contribution < 1.29 is 19.4 Å². The zero-order valence-electron chi connectivity index (χ0n) is 24.6. The minimum atomic E-state index is -0.905. The van der Waals surface area contributed by atoms with E-state index in [-0.39, 0.29) is 24.5 Å². The van der Waals surface area contributed by atoms with Crippen LogP contribution in [0.4, 0.5) is 0 Å². The van der Waals surface area contributed by atoms with E-state index in [2.05, 4.69) is 15.9 Å². The maximum atomic E-state index is 13.8. The molecule has 0 unspecified atom stereocenters. The number of carbonyl (C=O) groups excluding carboxylic acids is 1. The van der Waals surface area contributed by atoms with Crippen LogP contribution in [0, 0.1) is 11.3 Å². The molecule has 5 rings (SSSR count). The molecule has 1 aromatic heterocycles. The first-order valence-corrected chi connectivity index (χ1v) is 15.5. The molecule has 1 aliphatic rings. The molecule has 10 heteroatoms.